The lowest BCUT2D eigenvalue weighted by Gasteiger charge is -2.15. The van der Waals surface area contributed by atoms with E-state index in [1.54, 1.807) is 6.92 Å². The lowest BCUT2D eigenvalue weighted by molar-refractivity contribution is -0.142. The van der Waals surface area contributed by atoms with Gasteiger partial charge in [-0.25, -0.2) is 12.7 Å². The van der Waals surface area contributed by atoms with Crippen LogP contribution in [0, 0.1) is 0 Å². The highest BCUT2D eigenvalue weighted by Crippen LogP contribution is 2.13. The summed E-state index contributed by atoms with van der Waals surface area (Å²) in [6.45, 7) is 2.76. The number of rotatable bonds is 5. The van der Waals surface area contributed by atoms with Gasteiger partial charge in [0.25, 0.3) is 0 Å². The molecule has 1 saturated heterocycles. The van der Waals surface area contributed by atoms with Gasteiger partial charge in [0.1, 0.15) is 0 Å². The smallest absolute Gasteiger partial charge is 0.306 e. The van der Waals surface area contributed by atoms with Crippen LogP contribution in [0.25, 0.3) is 0 Å². The van der Waals surface area contributed by atoms with Gasteiger partial charge in [-0.15, -0.1) is 0 Å². The second-order valence-corrected chi connectivity index (χ2v) is 5.87. The Kier molecular flexibility index (Phi) is 4.69. The molecule has 6 nitrogen and oxygen atoms in total. The van der Waals surface area contributed by atoms with Crippen LogP contribution in [0.4, 0.5) is 0 Å². The van der Waals surface area contributed by atoms with E-state index in [2.05, 4.69) is 4.74 Å². The zero-order valence-corrected chi connectivity index (χ0v) is 10.2. The fraction of sp³-hybridized carbons (Fsp3) is 0.889. The van der Waals surface area contributed by atoms with Crippen LogP contribution >= 0.6 is 0 Å². The highest BCUT2D eigenvalue weighted by Gasteiger charge is 2.29. The Morgan fingerprint density at radius 3 is 2.75 bits per heavy atom. The first-order valence-electron chi connectivity index (χ1n) is 5.34. The van der Waals surface area contributed by atoms with Crippen LogP contribution in [-0.2, 0) is 19.6 Å². The van der Waals surface area contributed by atoms with E-state index in [1.807, 2.05) is 0 Å². The second-order valence-electron chi connectivity index (χ2n) is 3.78. The Balaban J connectivity index is 2.43. The predicted octanol–water partition coefficient (Wildman–Crippen LogP) is -0.698. The number of hydrogen-bond donors (Lipinski definition) is 1. The Hall–Kier alpha value is -0.660. The molecule has 0 saturated carbocycles. The van der Waals surface area contributed by atoms with Crippen molar-refractivity contribution in [2.24, 2.45) is 5.73 Å². The SMILES string of the molecule is CCOC(=O)CCS(=O)(=O)N1CC[C@H](N)C1. The maximum Gasteiger partial charge on any atom is 0.306 e. The van der Waals surface area contributed by atoms with Gasteiger partial charge in [-0.1, -0.05) is 0 Å². The Morgan fingerprint density at radius 2 is 2.25 bits per heavy atom. The fourth-order valence-corrected chi connectivity index (χ4v) is 3.07. The van der Waals surface area contributed by atoms with Gasteiger partial charge in [-0.05, 0) is 13.3 Å². The third-order valence-corrected chi connectivity index (χ3v) is 4.29. The first-order valence-corrected chi connectivity index (χ1v) is 6.95. The van der Waals surface area contributed by atoms with Crippen molar-refractivity contribution in [3.8, 4) is 0 Å². The Bertz CT molecular complexity index is 341. The van der Waals surface area contributed by atoms with Crippen LogP contribution < -0.4 is 5.73 Å². The molecule has 2 N–H and O–H groups in total. The molecule has 0 radical (unpaired) electrons. The summed E-state index contributed by atoms with van der Waals surface area (Å²) in [6.07, 6.45) is 0.584. The van der Waals surface area contributed by atoms with E-state index in [9.17, 15) is 13.2 Å². The zero-order valence-electron chi connectivity index (χ0n) is 9.39. The third kappa shape index (κ3) is 3.73. The van der Waals surface area contributed by atoms with E-state index in [0.717, 1.165) is 0 Å². The first-order chi connectivity index (χ1) is 7.45. The van der Waals surface area contributed by atoms with Gasteiger partial charge in [-0.2, -0.15) is 0 Å². The van der Waals surface area contributed by atoms with Gasteiger partial charge in [0.05, 0.1) is 18.8 Å². The molecule has 0 amide bonds. The molecule has 0 aromatic heterocycles. The zero-order chi connectivity index (χ0) is 12.2. The summed E-state index contributed by atoms with van der Waals surface area (Å²) < 4.78 is 29.5. The van der Waals surface area contributed by atoms with Crippen LogP contribution in [0.1, 0.15) is 19.8 Å². The van der Waals surface area contributed by atoms with Gasteiger partial charge in [0, 0.05) is 19.1 Å². The first kappa shape index (κ1) is 13.4. The number of carbonyl (C=O) groups excluding carboxylic acids is 1. The van der Waals surface area contributed by atoms with E-state index in [-0.39, 0.29) is 24.8 Å². The molecule has 0 aromatic rings. The van der Waals surface area contributed by atoms with Crippen molar-refractivity contribution in [3.63, 3.8) is 0 Å². The maximum absolute atomic E-state index is 11.7. The predicted molar refractivity (Wildman–Crippen MR) is 59.2 cm³/mol. The van der Waals surface area contributed by atoms with Crippen LogP contribution in [0.15, 0.2) is 0 Å². The highest BCUT2D eigenvalue weighted by atomic mass is 32.2. The average molecular weight is 250 g/mol. The largest absolute Gasteiger partial charge is 0.466 e. The molecular formula is C9H18N2O4S. The van der Waals surface area contributed by atoms with Crippen molar-refractivity contribution in [1.29, 1.82) is 0 Å². The molecule has 1 heterocycles. The minimum atomic E-state index is -3.35. The molecule has 1 fully saturated rings. The van der Waals surface area contributed by atoms with Crippen molar-refractivity contribution in [3.05, 3.63) is 0 Å². The lowest BCUT2D eigenvalue weighted by Crippen LogP contribution is -2.34. The average Bonchev–Trinajstić information content (AvgIpc) is 2.63. The summed E-state index contributed by atoms with van der Waals surface area (Å²) in [4.78, 5) is 11.0. The van der Waals surface area contributed by atoms with E-state index in [0.29, 0.717) is 19.5 Å². The lowest BCUT2D eigenvalue weighted by atomic mass is 10.3. The molecule has 0 aliphatic carbocycles. The topological polar surface area (TPSA) is 89.7 Å². The molecule has 1 atom stereocenters. The molecule has 1 aliphatic rings. The van der Waals surface area contributed by atoms with Gasteiger partial charge in [0.2, 0.25) is 10.0 Å². The number of carbonyl (C=O) groups is 1. The molecule has 94 valence electrons. The van der Waals surface area contributed by atoms with E-state index in [1.165, 1.54) is 4.31 Å². The Morgan fingerprint density at radius 1 is 1.56 bits per heavy atom. The molecule has 0 bridgehead atoms. The minimum Gasteiger partial charge on any atom is -0.466 e. The minimum absolute atomic E-state index is 0.0858. The van der Waals surface area contributed by atoms with Gasteiger partial charge >= 0.3 is 5.97 Å². The van der Waals surface area contributed by atoms with Crippen LogP contribution in [0.2, 0.25) is 0 Å². The van der Waals surface area contributed by atoms with E-state index >= 15 is 0 Å². The number of nitrogens with zero attached hydrogens (tertiary/aromatic N) is 1. The number of nitrogens with two attached hydrogens (primary N) is 1. The molecule has 0 spiro atoms. The monoisotopic (exact) mass is 250 g/mol. The quantitative estimate of drug-likeness (QED) is 0.652. The number of sulfonamides is 1. The summed E-state index contributed by atoms with van der Waals surface area (Å²) in [5.41, 5.74) is 5.63. The molecule has 7 heteroatoms. The molecule has 0 unspecified atom stereocenters. The van der Waals surface area contributed by atoms with E-state index < -0.39 is 16.0 Å². The van der Waals surface area contributed by atoms with Gasteiger partial charge in [-0.3, -0.25) is 4.79 Å². The summed E-state index contributed by atoms with van der Waals surface area (Å²) in [5, 5.41) is 0. The fourth-order valence-electron chi connectivity index (χ4n) is 1.58. The van der Waals surface area contributed by atoms with Crippen molar-refractivity contribution < 1.29 is 17.9 Å². The highest BCUT2D eigenvalue weighted by molar-refractivity contribution is 7.89. The number of esters is 1. The van der Waals surface area contributed by atoms with Crippen LogP contribution in [-0.4, -0.2) is 50.2 Å². The summed E-state index contributed by atoms with van der Waals surface area (Å²) in [7, 11) is -3.35. The normalized spacial score (nSPS) is 22.2. The molecule has 1 rings (SSSR count). The Labute approximate surface area is 95.8 Å². The summed E-state index contributed by atoms with van der Waals surface area (Å²) >= 11 is 0. The van der Waals surface area contributed by atoms with Crippen LogP contribution in [0.5, 0.6) is 0 Å². The number of hydrogen-bond acceptors (Lipinski definition) is 5. The standard InChI is InChI=1S/C9H18N2O4S/c1-2-15-9(12)4-6-16(13,14)11-5-3-8(10)7-11/h8H,2-7,10H2,1H3/t8-/m0/s1. The van der Waals surface area contributed by atoms with Crippen molar-refractivity contribution >= 4 is 16.0 Å². The molecule has 0 aromatic carbocycles. The van der Waals surface area contributed by atoms with Crippen LogP contribution in [0.3, 0.4) is 0 Å². The van der Waals surface area contributed by atoms with E-state index in [4.69, 9.17) is 5.73 Å². The third-order valence-electron chi connectivity index (χ3n) is 2.45. The second kappa shape index (κ2) is 5.60. The summed E-state index contributed by atoms with van der Waals surface area (Å²) in [5.74, 6) is -0.673. The van der Waals surface area contributed by atoms with Gasteiger partial charge < -0.3 is 10.5 Å². The number of ether oxygens (including phenoxy) is 1. The van der Waals surface area contributed by atoms with Crippen molar-refractivity contribution in [1.82, 2.24) is 4.31 Å². The van der Waals surface area contributed by atoms with Crippen molar-refractivity contribution in [2.45, 2.75) is 25.8 Å². The molecular weight excluding hydrogens is 232 g/mol. The molecule has 1 aliphatic heterocycles. The van der Waals surface area contributed by atoms with Gasteiger partial charge in [0.15, 0.2) is 0 Å². The van der Waals surface area contributed by atoms with Crippen molar-refractivity contribution in [2.75, 3.05) is 25.4 Å². The summed E-state index contributed by atoms with van der Waals surface area (Å²) in [6, 6.07) is -0.0858. The maximum atomic E-state index is 11.7. The molecule has 16 heavy (non-hydrogen) atoms.